The summed E-state index contributed by atoms with van der Waals surface area (Å²) in [6, 6.07) is -4.64. The molecule has 30 heavy (non-hydrogen) atoms. The molecule has 4 atom stereocenters. The largest absolute Gasteiger partial charge is 0.480 e. The number of hydrogen-bond donors (Lipinski definition) is 7. The van der Waals surface area contributed by atoms with Crippen molar-refractivity contribution in [3.05, 3.63) is 0 Å². The van der Waals surface area contributed by atoms with E-state index in [1.165, 1.54) is 13.8 Å². The molecule has 0 saturated heterocycles. The summed E-state index contributed by atoms with van der Waals surface area (Å²) in [6.45, 7) is 3.42. The van der Waals surface area contributed by atoms with Gasteiger partial charge in [-0.15, -0.1) is 0 Å². The Morgan fingerprint density at radius 1 is 0.933 bits per heavy atom. The number of nitrogens with two attached hydrogens (primary N) is 3. The number of carbonyl (C=O) groups excluding carboxylic acids is 2. The second kappa shape index (κ2) is 14.7. The fraction of sp³-hybridized carbons (Fsp3) is 0.778. The average molecular weight is 434 g/mol. The summed E-state index contributed by atoms with van der Waals surface area (Å²) in [5, 5.41) is 22.0. The van der Waals surface area contributed by atoms with Gasteiger partial charge in [-0.3, -0.25) is 19.4 Å². The van der Waals surface area contributed by atoms with E-state index in [2.05, 4.69) is 16.5 Å². The van der Waals surface area contributed by atoms with Crippen molar-refractivity contribution in [1.29, 1.82) is 0 Å². The van der Waals surface area contributed by atoms with Gasteiger partial charge in [0.05, 0.1) is 6.04 Å². The van der Waals surface area contributed by atoms with Gasteiger partial charge in [-0.05, 0) is 59.0 Å². The molecule has 0 aromatic heterocycles. The van der Waals surface area contributed by atoms with Crippen LogP contribution in [0.15, 0.2) is 0 Å². The number of hydrogen-bond acceptors (Lipinski definition) is 8. The van der Waals surface area contributed by atoms with Crippen molar-refractivity contribution < 1.29 is 30.8 Å². The van der Waals surface area contributed by atoms with Gasteiger partial charge in [0.2, 0.25) is 5.91 Å². The molecular formula is C18H36N6O6. The molecule has 12 heteroatoms. The van der Waals surface area contributed by atoms with Gasteiger partial charge in [0, 0.05) is 0 Å². The number of amides is 2. The van der Waals surface area contributed by atoms with Gasteiger partial charge < -0.3 is 32.7 Å². The number of carbonyl (C=O) groups is 4. The summed E-state index contributed by atoms with van der Waals surface area (Å²) >= 11 is 0. The topological polar surface area (TPSA) is 214 Å². The molecule has 0 aromatic rings. The quantitative estimate of drug-likeness (QED) is 0.102. The molecule has 0 spiro atoms. The van der Waals surface area contributed by atoms with Crippen LogP contribution in [0.5, 0.6) is 0 Å². The van der Waals surface area contributed by atoms with Crippen molar-refractivity contribution in [1.82, 2.24) is 15.8 Å². The minimum Gasteiger partial charge on any atom is -0.480 e. The fourth-order valence-electron chi connectivity index (χ4n) is 2.62. The monoisotopic (exact) mass is 433 g/mol. The van der Waals surface area contributed by atoms with Crippen LogP contribution in [0.4, 0.5) is 0 Å². The Morgan fingerprint density at radius 2 is 1.50 bits per heavy atom. The van der Waals surface area contributed by atoms with Crippen molar-refractivity contribution >= 4 is 23.8 Å². The van der Waals surface area contributed by atoms with Crippen molar-refractivity contribution in [3.8, 4) is 0 Å². The third kappa shape index (κ3) is 9.96. The van der Waals surface area contributed by atoms with Crippen molar-refractivity contribution in [2.45, 2.75) is 76.5 Å². The van der Waals surface area contributed by atoms with Crippen molar-refractivity contribution in [2.75, 3.05) is 13.1 Å². The van der Waals surface area contributed by atoms with E-state index >= 15 is 0 Å². The fourth-order valence-corrected chi connectivity index (χ4v) is 2.62. The van der Waals surface area contributed by atoms with E-state index in [-0.39, 0.29) is 6.42 Å². The van der Waals surface area contributed by atoms with Gasteiger partial charge in [-0.1, -0.05) is 6.42 Å². The Kier molecular flexibility index (Phi) is 12.6. The zero-order chi connectivity index (χ0) is 24.0. The van der Waals surface area contributed by atoms with Crippen LogP contribution in [0, 0.1) is 0 Å². The molecule has 0 saturated carbocycles. The summed E-state index contributed by atoms with van der Waals surface area (Å²) < 4.78 is 7.32. The van der Waals surface area contributed by atoms with Gasteiger partial charge in [0.1, 0.15) is 19.5 Å². The number of unbranched alkanes of at least 4 members (excludes halogenated alkanes) is 2. The van der Waals surface area contributed by atoms with E-state index in [0.29, 0.717) is 45.2 Å². The Hall–Kier alpha value is -2.28. The van der Waals surface area contributed by atoms with Gasteiger partial charge in [-0.2, -0.15) is 0 Å². The molecule has 174 valence electrons. The van der Waals surface area contributed by atoms with Crippen LogP contribution >= 0.6 is 0 Å². The lowest BCUT2D eigenvalue weighted by atomic mass is 10.1. The van der Waals surface area contributed by atoms with Crippen LogP contribution < -0.4 is 27.9 Å². The molecule has 0 radical (unpaired) electrons. The predicted octanol–water partition coefficient (Wildman–Crippen LogP) is -1.66. The highest BCUT2D eigenvalue weighted by Crippen LogP contribution is 2.11. The summed E-state index contributed by atoms with van der Waals surface area (Å²) in [5.41, 5.74) is 15.4. The Morgan fingerprint density at radius 3 is 1.97 bits per heavy atom. The SMILES string of the molecule is [2H]N[C@H](CCCCN)C(=O)N[C@@H](C)C(=O)N(N[C@@H](C)C(=O)O)[C@@H](CCCCN)C(=O)O. The zero-order valence-electron chi connectivity index (χ0n) is 18.6. The number of hydrazine groups is 1. The first-order valence-electron chi connectivity index (χ1n) is 10.5. The molecule has 0 fully saturated rings. The van der Waals surface area contributed by atoms with Crippen LogP contribution in [-0.4, -0.2) is 76.2 Å². The van der Waals surface area contributed by atoms with Crippen LogP contribution in [0.1, 0.15) is 52.4 Å². The van der Waals surface area contributed by atoms with E-state index < -0.39 is 47.9 Å². The van der Waals surface area contributed by atoms with E-state index in [9.17, 15) is 24.3 Å². The molecule has 0 rings (SSSR count). The highest BCUT2D eigenvalue weighted by molar-refractivity contribution is 5.91. The van der Waals surface area contributed by atoms with Crippen LogP contribution in [-0.2, 0) is 19.2 Å². The number of nitrogens with one attached hydrogen (secondary N) is 2. The molecule has 0 aliphatic rings. The van der Waals surface area contributed by atoms with Crippen LogP contribution in [0.3, 0.4) is 0 Å². The number of rotatable bonds is 17. The highest BCUT2D eigenvalue weighted by Gasteiger charge is 2.35. The summed E-state index contributed by atoms with van der Waals surface area (Å²) in [4.78, 5) is 48.4. The molecule has 2 amide bonds. The number of carboxylic acids is 2. The molecule has 0 unspecified atom stereocenters. The van der Waals surface area contributed by atoms with Crippen LogP contribution in [0.25, 0.3) is 0 Å². The Labute approximate surface area is 177 Å². The Balaban J connectivity index is 5.43. The smallest absolute Gasteiger partial charge is 0.328 e. The van der Waals surface area contributed by atoms with E-state index in [0.717, 1.165) is 5.01 Å². The molecular weight excluding hydrogens is 396 g/mol. The number of nitrogens with zero attached hydrogens (tertiary/aromatic N) is 1. The van der Waals surface area contributed by atoms with Crippen LogP contribution in [0.2, 0.25) is 1.41 Å². The normalized spacial score (nSPS) is 15.4. The van der Waals surface area contributed by atoms with Crippen molar-refractivity contribution in [2.24, 2.45) is 17.2 Å². The molecule has 0 heterocycles. The third-order valence-electron chi connectivity index (χ3n) is 4.46. The van der Waals surface area contributed by atoms with Gasteiger partial charge in [0.25, 0.3) is 5.91 Å². The number of aliphatic carboxylic acids is 2. The minimum atomic E-state index is -1.35. The second-order valence-corrected chi connectivity index (χ2v) is 7.10. The molecule has 0 bridgehead atoms. The van der Waals surface area contributed by atoms with E-state index in [4.69, 9.17) is 18.0 Å². The summed E-state index contributed by atoms with van der Waals surface area (Å²) in [5.74, 6) is -4.01. The second-order valence-electron chi connectivity index (χ2n) is 7.10. The Bertz CT molecular complexity index is 596. The maximum atomic E-state index is 13.0. The molecule has 10 N–H and O–H groups in total. The standard InChI is InChI=1S/C18H36N6O6/c1-11(22-15(25)13(21)7-3-5-9-19)16(26)24(23-12(2)17(27)28)14(18(29)30)8-4-6-10-20/h11-14,23H,3-10,19-21H2,1-2H3,(H,22,25)(H,27,28)(H,29,30)/t11-,12-,13+,14-/m0/s1/i/hD. The first kappa shape index (κ1) is 25.8. The van der Waals surface area contributed by atoms with Gasteiger partial charge >= 0.3 is 11.9 Å². The molecule has 0 aromatic carbocycles. The zero-order valence-corrected chi connectivity index (χ0v) is 17.6. The first-order chi connectivity index (χ1) is 14.6. The maximum absolute atomic E-state index is 13.0. The highest BCUT2D eigenvalue weighted by atomic mass is 16.4. The van der Waals surface area contributed by atoms with E-state index in [1.807, 2.05) is 0 Å². The van der Waals surface area contributed by atoms with Gasteiger partial charge in [-0.25, -0.2) is 10.2 Å². The molecule has 0 aliphatic heterocycles. The maximum Gasteiger partial charge on any atom is 0.328 e. The average Bonchev–Trinajstić information content (AvgIpc) is 2.71. The minimum absolute atomic E-state index is 0.0499. The lowest BCUT2D eigenvalue weighted by Crippen LogP contribution is -2.62. The first-order valence-corrected chi connectivity index (χ1v) is 10.0. The summed E-state index contributed by atoms with van der Waals surface area (Å²) in [7, 11) is 0. The van der Waals surface area contributed by atoms with Crippen molar-refractivity contribution in [3.63, 3.8) is 0 Å². The lowest BCUT2D eigenvalue weighted by Gasteiger charge is -2.33. The third-order valence-corrected chi connectivity index (χ3v) is 4.46. The lowest BCUT2D eigenvalue weighted by molar-refractivity contribution is -0.158. The molecule has 0 aliphatic carbocycles. The molecule has 12 nitrogen and oxygen atoms in total. The number of carboxylic acid groups (broad SMARTS) is 2. The predicted molar refractivity (Wildman–Crippen MR) is 110 cm³/mol. The summed E-state index contributed by atoms with van der Waals surface area (Å²) in [6.07, 6.45) is 2.61. The van der Waals surface area contributed by atoms with Gasteiger partial charge in [0.15, 0.2) is 0 Å². The van der Waals surface area contributed by atoms with E-state index in [1.54, 1.807) is 0 Å².